The molecule has 2 saturated carbocycles. The third kappa shape index (κ3) is 6.59. The van der Waals surface area contributed by atoms with E-state index in [0.29, 0.717) is 12.8 Å². The highest BCUT2D eigenvalue weighted by Crippen LogP contribution is 2.64. The molecular weight excluding hydrogens is 528 g/mol. The Labute approximate surface area is 236 Å². The van der Waals surface area contributed by atoms with Crippen molar-refractivity contribution in [2.45, 2.75) is 67.6 Å². The summed E-state index contributed by atoms with van der Waals surface area (Å²) in [5, 5.41) is 0. The SMILES string of the molecule is CC1(C)C2CCC1(CS(=O)(=O)[O-])C(=O)C2.CCCCOc1ccc([S+](c2ccccc2)c2ccccc2)cc1. The summed E-state index contributed by atoms with van der Waals surface area (Å²) in [6, 6.07) is 30.0. The molecule has 3 aromatic rings. The van der Waals surface area contributed by atoms with Crippen molar-refractivity contribution in [2.24, 2.45) is 16.7 Å². The first kappa shape index (κ1) is 29.4. The van der Waals surface area contributed by atoms with Gasteiger partial charge in [-0.25, -0.2) is 8.42 Å². The maximum Gasteiger partial charge on any atom is 0.166 e. The van der Waals surface area contributed by atoms with Crippen molar-refractivity contribution in [1.82, 2.24) is 0 Å². The van der Waals surface area contributed by atoms with E-state index in [2.05, 4.69) is 91.9 Å². The Morgan fingerprint density at radius 1 is 0.897 bits per heavy atom. The van der Waals surface area contributed by atoms with E-state index < -0.39 is 21.3 Å². The van der Waals surface area contributed by atoms with Crippen molar-refractivity contribution >= 4 is 26.8 Å². The Morgan fingerprint density at radius 2 is 1.44 bits per heavy atom. The third-order valence-corrected chi connectivity index (χ3v) is 11.4. The van der Waals surface area contributed by atoms with E-state index in [1.165, 1.54) is 14.7 Å². The Hall–Kier alpha value is -2.61. The molecule has 0 amide bonds. The lowest BCUT2D eigenvalue weighted by Gasteiger charge is -2.37. The minimum absolute atomic E-state index is 0.0248. The number of rotatable bonds is 9. The van der Waals surface area contributed by atoms with Crippen LogP contribution >= 0.6 is 0 Å². The number of benzene rings is 3. The van der Waals surface area contributed by atoms with Crippen LogP contribution < -0.4 is 4.74 Å². The summed E-state index contributed by atoms with van der Waals surface area (Å²) < 4.78 is 38.5. The standard InChI is InChI=1S/C22H23OS.C10H16O4S/c1-2-3-18-23-19-14-16-22(17-15-19)24(20-10-6-4-7-11-20)21-12-8-5-9-13-21;1-9(2)7-3-4-10(9,8(11)5-7)6-15(12,13)14/h4-17H,2-3,18H2,1H3;7H,3-6H2,1-2H3,(H,12,13,14)/q+1;/p-1. The Bertz CT molecular complexity index is 1300. The highest BCUT2D eigenvalue weighted by Gasteiger charge is 2.64. The minimum atomic E-state index is -4.33. The molecule has 0 spiro atoms. The summed E-state index contributed by atoms with van der Waals surface area (Å²) in [4.78, 5) is 15.8. The molecule has 2 fully saturated rings. The van der Waals surface area contributed by atoms with Gasteiger partial charge in [-0.3, -0.25) is 4.79 Å². The molecule has 5 rings (SSSR count). The predicted octanol–water partition coefficient (Wildman–Crippen LogP) is 6.89. The van der Waals surface area contributed by atoms with Gasteiger partial charge in [0.05, 0.1) is 33.4 Å². The van der Waals surface area contributed by atoms with Gasteiger partial charge in [0, 0.05) is 11.8 Å². The molecule has 39 heavy (non-hydrogen) atoms. The van der Waals surface area contributed by atoms with Crippen LogP contribution in [0.15, 0.2) is 99.6 Å². The first-order valence-electron chi connectivity index (χ1n) is 13.6. The zero-order valence-electron chi connectivity index (χ0n) is 23.0. The van der Waals surface area contributed by atoms with Crippen molar-refractivity contribution in [3.63, 3.8) is 0 Å². The fraction of sp³-hybridized carbons (Fsp3) is 0.406. The number of hydrogen-bond acceptors (Lipinski definition) is 5. The second kappa shape index (κ2) is 12.3. The zero-order valence-corrected chi connectivity index (χ0v) is 24.6. The monoisotopic (exact) mass is 566 g/mol. The van der Waals surface area contributed by atoms with E-state index in [9.17, 15) is 17.8 Å². The summed E-state index contributed by atoms with van der Waals surface area (Å²) in [5.41, 5.74) is -1.22. The molecule has 2 aliphatic rings. The number of hydrogen-bond donors (Lipinski definition) is 0. The molecule has 2 atom stereocenters. The van der Waals surface area contributed by atoms with Gasteiger partial charge in [0.25, 0.3) is 0 Å². The highest BCUT2D eigenvalue weighted by atomic mass is 32.2. The Balaban J connectivity index is 0.000000202. The van der Waals surface area contributed by atoms with Crippen molar-refractivity contribution in [3.05, 3.63) is 84.9 Å². The Morgan fingerprint density at radius 3 is 1.87 bits per heavy atom. The lowest BCUT2D eigenvalue weighted by molar-refractivity contribution is -0.128. The Kier molecular flexibility index (Phi) is 9.25. The summed E-state index contributed by atoms with van der Waals surface area (Å²) in [6.45, 7) is 6.80. The van der Waals surface area contributed by atoms with E-state index >= 15 is 0 Å². The number of Topliss-reactive ketones (excluding diaryl/α,β-unsaturated/α-hetero) is 1. The minimum Gasteiger partial charge on any atom is -0.748 e. The second-order valence-electron chi connectivity index (χ2n) is 11.0. The molecule has 2 unspecified atom stereocenters. The molecule has 208 valence electrons. The molecule has 2 bridgehead atoms. The van der Waals surface area contributed by atoms with Crippen LogP contribution in [0.5, 0.6) is 5.75 Å². The molecule has 0 saturated heterocycles. The smallest absolute Gasteiger partial charge is 0.166 e. The van der Waals surface area contributed by atoms with Crippen molar-refractivity contribution in [3.8, 4) is 5.75 Å². The van der Waals surface area contributed by atoms with Crippen LogP contribution in [0.3, 0.4) is 0 Å². The molecular formula is C32H38O5S2. The van der Waals surface area contributed by atoms with Gasteiger partial charge in [0.15, 0.2) is 14.7 Å². The van der Waals surface area contributed by atoms with E-state index in [0.717, 1.165) is 31.6 Å². The first-order chi connectivity index (χ1) is 18.6. The van der Waals surface area contributed by atoms with Crippen LogP contribution in [0.2, 0.25) is 0 Å². The van der Waals surface area contributed by atoms with Gasteiger partial charge in [-0.1, -0.05) is 63.6 Å². The largest absolute Gasteiger partial charge is 0.748 e. The van der Waals surface area contributed by atoms with Crippen LogP contribution in [0.4, 0.5) is 0 Å². The van der Waals surface area contributed by atoms with Crippen molar-refractivity contribution < 1.29 is 22.5 Å². The molecule has 0 aromatic heterocycles. The average molecular weight is 567 g/mol. The lowest BCUT2D eigenvalue weighted by Crippen LogP contribution is -2.42. The lowest BCUT2D eigenvalue weighted by atomic mass is 9.70. The molecule has 3 aromatic carbocycles. The van der Waals surface area contributed by atoms with E-state index in [1.54, 1.807) is 0 Å². The van der Waals surface area contributed by atoms with Gasteiger partial charge in [-0.05, 0) is 79.1 Å². The number of ether oxygens (including phenoxy) is 1. The molecule has 2 aliphatic carbocycles. The zero-order chi connectivity index (χ0) is 28.1. The summed E-state index contributed by atoms with van der Waals surface area (Å²) in [7, 11) is -4.41. The predicted molar refractivity (Wildman–Crippen MR) is 155 cm³/mol. The van der Waals surface area contributed by atoms with Crippen LogP contribution in [0, 0.1) is 16.7 Å². The van der Waals surface area contributed by atoms with Gasteiger partial charge in [0.1, 0.15) is 11.5 Å². The fourth-order valence-corrected chi connectivity index (χ4v) is 9.30. The van der Waals surface area contributed by atoms with E-state index in [4.69, 9.17) is 4.74 Å². The maximum absolute atomic E-state index is 11.8. The number of ketones is 1. The molecule has 5 nitrogen and oxygen atoms in total. The van der Waals surface area contributed by atoms with Gasteiger partial charge in [-0.15, -0.1) is 0 Å². The van der Waals surface area contributed by atoms with E-state index in [-0.39, 0.29) is 28.0 Å². The molecule has 0 heterocycles. The third-order valence-electron chi connectivity index (χ3n) is 8.35. The normalized spacial score (nSPS) is 21.5. The first-order valence-corrected chi connectivity index (χ1v) is 16.4. The van der Waals surface area contributed by atoms with Crippen LogP contribution in [0.25, 0.3) is 0 Å². The summed E-state index contributed by atoms with van der Waals surface area (Å²) in [5.74, 6) is 0.675. The van der Waals surface area contributed by atoms with Crippen LogP contribution in [0.1, 0.15) is 52.9 Å². The molecule has 0 aliphatic heterocycles. The fourth-order valence-electron chi connectivity index (χ4n) is 5.94. The van der Waals surface area contributed by atoms with Crippen molar-refractivity contribution in [1.29, 1.82) is 0 Å². The molecule has 0 radical (unpaired) electrons. The number of fused-ring (bicyclic) bond motifs is 2. The number of carbonyl (C=O) groups excluding carboxylic acids is 1. The van der Waals surface area contributed by atoms with E-state index in [1.807, 2.05) is 13.8 Å². The molecule has 7 heteroatoms. The van der Waals surface area contributed by atoms with Gasteiger partial charge < -0.3 is 9.29 Å². The van der Waals surface area contributed by atoms with Gasteiger partial charge >= 0.3 is 0 Å². The quantitative estimate of drug-likeness (QED) is 0.160. The second-order valence-corrected chi connectivity index (χ2v) is 14.4. The van der Waals surface area contributed by atoms with Crippen LogP contribution in [-0.2, 0) is 25.8 Å². The summed E-state index contributed by atoms with van der Waals surface area (Å²) >= 11 is 0. The highest BCUT2D eigenvalue weighted by molar-refractivity contribution is 7.97. The van der Waals surface area contributed by atoms with Gasteiger partial charge in [-0.2, -0.15) is 0 Å². The topological polar surface area (TPSA) is 83.5 Å². The summed E-state index contributed by atoms with van der Waals surface area (Å²) in [6.07, 6.45) is 4.13. The van der Waals surface area contributed by atoms with Crippen LogP contribution in [-0.4, -0.2) is 31.1 Å². The maximum atomic E-state index is 11.8. The molecule has 0 N–H and O–H groups in total. The number of carbonyl (C=O) groups is 1. The average Bonchev–Trinajstić information content (AvgIpc) is 3.25. The van der Waals surface area contributed by atoms with Gasteiger partial charge in [0.2, 0.25) is 0 Å². The number of unbranched alkanes of at least 4 members (excludes halogenated alkanes) is 1. The van der Waals surface area contributed by atoms with Crippen molar-refractivity contribution in [2.75, 3.05) is 12.4 Å².